The number of fused-ring (bicyclic) bond motifs is 1. The van der Waals surface area contributed by atoms with Crippen LogP contribution in [0, 0.1) is 0 Å². The summed E-state index contributed by atoms with van der Waals surface area (Å²) in [5.74, 6) is -0.385. The largest absolute Gasteiger partial charge is 0.462 e. The van der Waals surface area contributed by atoms with E-state index in [0.717, 1.165) is 54.1 Å². The van der Waals surface area contributed by atoms with Gasteiger partial charge in [0.1, 0.15) is 0 Å². The molecule has 0 spiro atoms. The van der Waals surface area contributed by atoms with Gasteiger partial charge in [-0.05, 0) is 56.2 Å². The molecule has 0 aromatic carbocycles. The average Bonchev–Trinajstić information content (AvgIpc) is 3.17. The van der Waals surface area contributed by atoms with Gasteiger partial charge in [0.15, 0.2) is 0 Å². The third-order valence-corrected chi connectivity index (χ3v) is 5.54. The highest BCUT2D eigenvalue weighted by Crippen LogP contribution is 2.33. The third-order valence-electron chi connectivity index (χ3n) is 4.67. The molecule has 1 unspecified atom stereocenters. The third kappa shape index (κ3) is 3.56. The van der Waals surface area contributed by atoms with E-state index in [1.807, 2.05) is 31.4 Å². The van der Waals surface area contributed by atoms with Crippen LogP contribution in [0.4, 0.5) is 0 Å². The van der Waals surface area contributed by atoms with E-state index in [9.17, 15) is 9.59 Å². The Kier molecular flexibility index (Phi) is 5.42. The quantitative estimate of drug-likeness (QED) is 0.581. The van der Waals surface area contributed by atoms with Crippen LogP contribution in [-0.2, 0) is 22.5 Å². The van der Waals surface area contributed by atoms with Crippen LogP contribution in [0.3, 0.4) is 0 Å². The lowest BCUT2D eigenvalue weighted by Gasteiger charge is -2.17. The maximum atomic E-state index is 13.1. The maximum Gasteiger partial charge on any atom is 0.315 e. The summed E-state index contributed by atoms with van der Waals surface area (Å²) < 4.78 is 7.57. The Morgan fingerprint density at radius 3 is 2.80 bits per heavy atom. The van der Waals surface area contributed by atoms with Crippen molar-refractivity contribution in [2.75, 3.05) is 0 Å². The van der Waals surface area contributed by atoms with Crippen LogP contribution in [-0.4, -0.2) is 22.4 Å². The Hall–Kier alpha value is -1.88. The van der Waals surface area contributed by atoms with Crippen molar-refractivity contribution in [1.29, 1.82) is 0 Å². The molecule has 0 saturated heterocycles. The minimum absolute atomic E-state index is 0.0657. The van der Waals surface area contributed by atoms with Crippen LogP contribution in [0.5, 0.6) is 0 Å². The number of rotatable bonds is 5. The number of esters is 1. The molecular weight excluding hydrogens is 334 g/mol. The van der Waals surface area contributed by atoms with Gasteiger partial charge in [0.2, 0.25) is 5.78 Å². The summed E-state index contributed by atoms with van der Waals surface area (Å²) in [6.45, 7) is 6.59. The van der Waals surface area contributed by atoms with E-state index >= 15 is 0 Å². The van der Waals surface area contributed by atoms with Crippen LogP contribution < -0.4 is 0 Å². The lowest BCUT2D eigenvalue weighted by Crippen LogP contribution is -2.21. The molecule has 3 rings (SSSR count). The molecule has 4 nitrogen and oxygen atoms in total. The van der Waals surface area contributed by atoms with Crippen LogP contribution in [0.15, 0.2) is 23.6 Å². The van der Waals surface area contributed by atoms with Gasteiger partial charge in [0.05, 0.1) is 22.6 Å². The summed E-state index contributed by atoms with van der Waals surface area (Å²) in [6, 6.07) is 5.82. The molecule has 0 radical (unpaired) electrons. The predicted molar refractivity (Wildman–Crippen MR) is 99.4 cm³/mol. The smallest absolute Gasteiger partial charge is 0.315 e. The minimum Gasteiger partial charge on any atom is -0.462 e. The zero-order valence-electron chi connectivity index (χ0n) is 15.1. The van der Waals surface area contributed by atoms with E-state index in [1.165, 1.54) is 11.3 Å². The SMILES string of the molecule is CCc1cc2n(c1C(=O)c1cccs1)CCCCC2C(=O)OC(C)C. The molecule has 25 heavy (non-hydrogen) atoms. The van der Waals surface area contributed by atoms with Crippen LogP contribution in [0.1, 0.15) is 72.6 Å². The summed E-state index contributed by atoms with van der Waals surface area (Å²) in [5.41, 5.74) is 2.72. The second kappa shape index (κ2) is 7.56. The number of carbonyl (C=O) groups excluding carboxylic acids is 2. The van der Waals surface area contributed by atoms with Crippen molar-refractivity contribution in [2.45, 2.75) is 65.0 Å². The van der Waals surface area contributed by atoms with Gasteiger partial charge < -0.3 is 9.30 Å². The molecule has 5 heteroatoms. The fourth-order valence-corrected chi connectivity index (χ4v) is 4.20. The minimum atomic E-state index is -0.278. The van der Waals surface area contributed by atoms with Crippen molar-refractivity contribution in [3.8, 4) is 0 Å². The van der Waals surface area contributed by atoms with Crippen LogP contribution >= 0.6 is 11.3 Å². The Bertz CT molecular complexity index is 758. The number of hydrogen-bond acceptors (Lipinski definition) is 4. The molecule has 1 atom stereocenters. The molecule has 134 valence electrons. The molecular formula is C20H25NO3S. The normalized spacial score (nSPS) is 17.2. The van der Waals surface area contributed by atoms with E-state index in [-0.39, 0.29) is 23.8 Å². The number of carbonyl (C=O) groups is 2. The van der Waals surface area contributed by atoms with Gasteiger partial charge in [0.25, 0.3) is 0 Å². The summed E-state index contributed by atoms with van der Waals surface area (Å²) in [6.07, 6.45) is 3.37. The fraction of sp³-hybridized carbons (Fsp3) is 0.500. The summed E-state index contributed by atoms with van der Waals surface area (Å²) in [4.78, 5) is 26.4. The van der Waals surface area contributed by atoms with Crippen molar-refractivity contribution >= 4 is 23.1 Å². The molecule has 0 bridgehead atoms. The van der Waals surface area contributed by atoms with Gasteiger partial charge in [-0.15, -0.1) is 11.3 Å². The van der Waals surface area contributed by atoms with E-state index in [1.54, 1.807) is 0 Å². The molecule has 3 heterocycles. The molecule has 0 fully saturated rings. The van der Waals surface area contributed by atoms with Crippen molar-refractivity contribution in [2.24, 2.45) is 0 Å². The zero-order chi connectivity index (χ0) is 18.0. The number of hydrogen-bond donors (Lipinski definition) is 0. The number of aromatic nitrogens is 1. The predicted octanol–water partition coefficient (Wildman–Crippen LogP) is 4.56. The van der Waals surface area contributed by atoms with Gasteiger partial charge in [-0.1, -0.05) is 19.4 Å². The lowest BCUT2D eigenvalue weighted by atomic mass is 9.99. The molecule has 0 saturated carbocycles. The van der Waals surface area contributed by atoms with Crippen molar-refractivity contribution in [3.63, 3.8) is 0 Å². The number of nitrogens with zero attached hydrogens (tertiary/aromatic N) is 1. The van der Waals surface area contributed by atoms with Crippen molar-refractivity contribution in [1.82, 2.24) is 4.57 Å². The van der Waals surface area contributed by atoms with Crippen LogP contribution in [0.2, 0.25) is 0 Å². The van der Waals surface area contributed by atoms with Gasteiger partial charge in [0, 0.05) is 12.2 Å². The summed E-state index contributed by atoms with van der Waals surface area (Å²) in [7, 11) is 0. The van der Waals surface area contributed by atoms with E-state index in [2.05, 4.69) is 17.6 Å². The molecule has 1 aliphatic rings. The van der Waals surface area contributed by atoms with E-state index < -0.39 is 0 Å². The first-order valence-electron chi connectivity index (χ1n) is 9.03. The van der Waals surface area contributed by atoms with Gasteiger partial charge in [-0.3, -0.25) is 9.59 Å². The monoisotopic (exact) mass is 359 g/mol. The highest BCUT2D eigenvalue weighted by atomic mass is 32.1. The number of thiophene rings is 1. The standard InChI is InChI=1S/C20H25NO3S/c1-4-14-12-16-15(20(23)24-13(2)3)8-5-6-10-21(16)18(14)19(22)17-9-7-11-25-17/h7,9,11-13,15H,4-6,8,10H2,1-3H3. The number of ketones is 1. The lowest BCUT2D eigenvalue weighted by molar-refractivity contribution is -0.149. The Morgan fingerprint density at radius 1 is 1.36 bits per heavy atom. The summed E-state index contributed by atoms with van der Waals surface area (Å²) in [5, 5.41) is 1.92. The molecule has 2 aromatic rings. The molecule has 0 amide bonds. The maximum absolute atomic E-state index is 13.1. The molecule has 0 aliphatic carbocycles. The van der Waals surface area contributed by atoms with Crippen molar-refractivity contribution < 1.29 is 14.3 Å². The first-order chi connectivity index (χ1) is 12.0. The highest BCUT2D eigenvalue weighted by molar-refractivity contribution is 7.12. The van der Waals surface area contributed by atoms with Gasteiger partial charge >= 0.3 is 5.97 Å². The first kappa shape index (κ1) is 17.9. The second-order valence-electron chi connectivity index (χ2n) is 6.79. The summed E-state index contributed by atoms with van der Waals surface area (Å²) >= 11 is 1.47. The average molecular weight is 359 g/mol. The Labute approximate surface area is 152 Å². The van der Waals surface area contributed by atoms with Gasteiger partial charge in [-0.2, -0.15) is 0 Å². The number of aryl methyl sites for hydroxylation is 1. The Balaban J connectivity index is 2.05. The first-order valence-corrected chi connectivity index (χ1v) is 9.91. The highest BCUT2D eigenvalue weighted by Gasteiger charge is 2.32. The van der Waals surface area contributed by atoms with E-state index in [4.69, 9.17) is 4.74 Å². The number of ether oxygens (including phenoxy) is 1. The molecule has 2 aromatic heterocycles. The fourth-order valence-electron chi connectivity index (χ4n) is 3.54. The topological polar surface area (TPSA) is 48.3 Å². The zero-order valence-corrected chi connectivity index (χ0v) is 15.9. The second-order valence-corrected chi connectivity index (χ2v) is 7.74. The van der Waals surface area contributed by atoms with Gasteiger partial charge in [-0.25, -0.2) is 0 Å². The molecule has 1 aliphatic heterocycles. The molecule has 0 N–H and O–H groups in total. The van der Waals surface area contributed by atoms with E-state index in [0.29, 0.717) is 0 Å². The van der Waals surface area contributed by atoms with Crippen LogP contribution in [0.25, 0.3) is 0 Å². The Morgan fingerprint density at radius 2 is 2.16 bits per heavy atom. The van der Waals surface area contributed by atoms with Crippen molar-refractivity contribution in [3.05, 3.63) is 45.4 Å².